The second-order valence-corrected chi connectivity index (χ2v) is 4.86. The molecule has 1 aromatic rings. The number of methoxy groups -OCH3 is 1. The highest BCUT2D eigenvalue weighted by Crippen LogP contribution is 2.18. The number of hydrogen-bond acceptors (Lipinski definition) is 4. The van der Waals surface area contributed by atoms with Gasteiger partial charge in [-0.05, 0) is 30.5 Å². The summed E-state index contributed by atoms with van der Waals surface area (Å²) in [7, 11) is 1.73. The van der Waals surface area contributed by atoms with Crippen LogP contribution in [0.4, 0.5) is 5.82 Å². The fourth-order valence-electron chi connectivity index (χ4n) is 1.99. The number of hydrogen-bond donors (Lipinski definition) is 1. The van der Waals surface area contributed by atoms with Crippen molar-refractivity contribution < 1.29 is 4.74 Å². The van der Waals surface area contributed by atoms with Crippen molar-refractivity contribution >= 4 is 5.82 Å². The summed E-state index contributed by atoms with van der Waals surface area (Å²) in [6, 6.07) is 4.08. The van der Waals surface area contributed by atoms with Crippen LogP contribution in [-0.4, -0.2) is 38.3 Å². The minimum atomic E-state index is 0.592. The van der Waals surface area contributed by atoms with Gasteiger partial charge in [0.05, 0.1) is 6.61 Å². The number of ether oxygens (including phenoxy) is 1. The Balaban J connectivity index is 2.88. The maximum atomic E-state index is 5.66. The lowest BCUT2D eigenvalue weighted by Gasteiger charge is -2.27. The van der Waals surface area contributed by atoms with Crippen molar-refractivity contribution in [2.45, 2.75) is 20.3 Å². The Hall–Kier alpha value is -1.13. The van der Waals surface area contributed by atoms with Crippen LogP contribution in [0.2, 0.25) is 0 Å². The van der Waals surface area contributed by atoms with Crippen molar-refractivity contribution in [3.8, 4) is 0 Å². The van der Waals surface area contributed by atoms with Crippen LogP contribution in [0.5, 0.6) is 0 Å². The van der Waals surface area contributed by atoms with Gasteiger partial charge < -0.3 is 15.4 Å². The molecular weight excluding hydrogens is 226 g/mol. The standard InChI is InChI=1S/C14H25N3O/c1-12(2)11-17(9-10-18-3)14-13(6-7-15)5-4-8-16-14/h4-5,8,12H,6-7,9-11,15H2,1-3H3. The Morgan fingerprint density at radius 2 is 2.22 bits per heavy atom. The number of nitrogens with two attached hydrogens (primary N) is 1. The SMILES string of the molecule is COCCN(CC(C)C)c1ncccc1CCN. The zero-order valence-electron chi connectivity index (χ0n) is 11.7. The van der Waals surface area contributed by atoms with Gasteiger partial charge in [-0.25, -0.2) is 4.98 Å². The van der Waals surface area contributed by atoms with Crippen LogP contribution in [-0.2, 0) is 11.2 Å². The fraction of sp³-hybridized carbons (Fsp3) is 0.643. The van der Waals surface area contributed by atoms with Crippen molar-refractivity contribution in [1.29, 1.82) is 0 Å². The highest BCUT2D eigenvalue weighted by atomic mass is 16.5. The zero-order valence-corrected chi connectivity index (χ0v) is 11.7. The van der Waals surface area contributed by atoms with E-state index in [1.54, 1.807) is 7.11 Å². The Labute approximate surface area is 110 Å². The number of anilines is 1. The van der Waals surface area contributed by atoms with E-state index in [2.05, 4.69) is 29.8 Å². The Bertz CT molecular complexity index is 342. The molecule has 0 saturated carbocycles. The van der Waals surface area contributed by atoms with Crippen LogP contribution in [0.25, 0.3) is 0 Å². The predicted octanol–water partition coefficient (Wildman–Crippen LogP) is 1.69. The molecule has 4 heteroatoms. The molecule has 1 aromatic heterocycles. The molecule has 1 heterocycles. The number of rotatable bonds is 8. The van der Waals surface area contributed by atoms with Gasteiger partial charge in [0.25, 0.3) is 0 Å². The van der Waals surface area contributed by atoms with E-state index in [1.165, 1.54) is 5.56 Å². The monoisotopic (exact) mass is 251 g/mol. The first-order valence-electron chi connectivity index (χ1n) is 6.56. The van der Waals surface area contributed by atoms with Crippen LogP contribution < -0.4 is 10.6 Å². The molecule has 0 amide bonds. The van der Waals surface area contributed by atoms with Crippen LogP contribution in [0.3, 0.4) is 0 Å². The van der Waals surface area contributed by atoms with Gasteiger partial charge in [-0.3, -0.25) is 0 Å². The molecule has 1 rings (SSSR count). The Kier molecular flexibility index (Phi) is 6.68. The maximum absolute atomic E-state index is 5.66. The maximum Gasteiger partial charge on any atom is 0.131 e. The van der Waals surface area contributed by atoms with Crippen LogP contribution in [0.1, 0.15) is 19.4 Å². The minimum absolute atomic E-state index is 0.592. The van der Waals surface area contributed by atoms with Gasteiger partial charge >= 0.3 is 0 Å². The first-order chi connectivity index (χ1) is 8.69. The molecule has 0 aliphatic rings. The Morgan fingerprint density at radius 1 is 1.44 bits per heavy atom. The van der Waals surface area contributed by atoms with Gasteiger partial charge in [0.15, 0.2) is 0 Å². The molecule has 0 unspecified atom stereocenters. The van der Waals surface area contributed by atoms with E-state index < -0.39 is 0 Å². The van der Waals surface area contributed by atoms with Gasteiger partial charge in [0.1, 0.15) is 5.82 Å². The molecular formula is C14H25N3O. The average molecular weight is 251 g/mol. The Morgan fingerprint density at radius 3 is 2.83 bits per heavy atom. The number of pyridine rings is 1. The highest BCUT2D eigenvalue weighted by molar-refractivity contribution is 5.47. The number of nitrogens with zero attached hydrogens (tertiary/aromatic N) is 2. The van der Waals surface area contributed by atoms with E-state index in [4.69, 9.17) is 10.5 Å². The summed E-state index contributed by atoms with van der Waals surface area (Å²) in [6.07, 6.45) is 2.71. The summed E-state index contributed by atoms with van der Waals surface area (Å²) in [5, 5.41) is 0. The summed E-state index contributed by atoms with van der Waals surface area (Å²) in [5.41, 5.74) is 6.88. The quantitative estimate of drug-likeness (QED) is 0.764. The van der Waals surface area contributed by atoms with Gasteiger partial charge in [-0.2, -0.15) is 0 Å². The topological polar surface area (TPSA) is 51.4 Å². The van der Waals surface area contributed by atoms with Crippen molar-refractivity contribution in [3.63, 3.8) is 0 Å². The molecule has 0 spiro atoms. The summed E-state index contributed by atoms with van der Waals surface area (Å²) < 4.78 is 5.18. The van der Waals surface area contributed by atoms with Gasteiger partial charge in [0, 0.05) is 26.4 Å². The van der Waals surface area contributed by atoms with Crippen LogP contribution >= 0.6 is 0 Å². The lowest BCUT2D eigenvalue weighted by molar-refractivity contribution is 0.204. The van der Waals surface area contributed by atoms with Gasteiger partial charge in [-0.1, -0.05) is 19.9 Å². The van der Waals surface area contributed by atoms with Crippen LogP contribution in [0.15, 0.2) is 18.3 Å². The third kappa shape index (κ3) is 4.63. The summed E-state index contributed by atoms with van der Waals surface area (Å²) in [4.78, 5) is 6.81. The highest BCUT2D eigenvalue weighted by Gasteiger charge is 2.13. The fourth-order valence-corrected chi connectivity index (χ4v) is 1.99. The third-order valence-corrected chi connectivity index (χ3v) is 2.73. The predicted molar refractivity (Wildman–Crippen MR) is 75.9 cm³/mol. The second kappa shape index (κ2) is 8.06. The normalized spacial score (nSPS) is 10.9. The van der Waals surface area contributed by atoms with Crippen LogP contribution in [0, 0.1) is 5.92 Å². The van der Waals surface area contributed by atoms with E-state index in [0.717, 1.165) is 25.3 Å². The average Bonchev–Trinajstić information content (AvgIpc) is 2.35. The van der Waals surface area contributed by atoms with E-state index in [1.807, 2.05) is 12.3 Å². The summed E-state index contributed by atoms with van der Waals surface area (Å²) >= 11 is 0. The smallest absolute Gasteiger partial charge is 0.131 e. The van der Waals surface area contributed by atoms with E-state index in [-0.39, 0.29) is 0 Å². The molecule has 0 atom stereocenters. The third-order valence-electron chi connectivity index (χ3n) is 2.73. The molecule has 4 nitrogen and oxygen atoms in total. The lowest BCUT2D eigenvalue weighted by atomic mass is 10.1. The van der Waals surface area contributed by atoms with Crippen molar-refractivity contribution in [3.05, 3.63) is 23.9 Å². The van der Waals surface area contributed by atoms with Crippen molar-refractivity contribution in [2.75, 3.05) is 38.3 Å². The molecule has 0 aliphatic heterocycles. The zero-order chi connectivity index (χ0) is 13.4. The van der Waals surface area contributed by atoms with Gasteiger partial charge in [0.2, 0.25) is 0 Å². The molecule has 0 aliphatic carbocycles. The largest absolute Gasteiger partial charge is 0.383 e. The van der Waals surface area contributed by atoms with Crippen molar-refractivity contribution in [2.24, 2.45) is 11.7 Å². The molecule has 0 aromatic carbocycles. The van der Waals surface area contributed by atoms with E-state index in [0.29, 0.717) is 19.1 Å². The molecule has 2 N–H and O–H groups in total. The summed E-state index contributed by atoms with van der Waals surface area (Å²) in [6.45, 7) is 7.64. The number of aromatic nitrogens is 1. The second-order valence-electron chi connectivity index (χ2n) is 4.86. The molecule has 0 fully saturated rings. The molecule has 0 bridgehead atoms. The summed E-state index contributed by atoms with van der Waals surface area (Å²) in [5.74, 6) is 1.64. The molecule has 102 valence electrons. The van der Waals surface area contributed by atoms with E-state index in [9.17, 15) is 0 Å². The van der Waals surface area contributed by atoms with E-state index >= 15 is 0 Å². The molecule has 0 saturated heterocycles. The van der Waals surface area contributed by atoms with Gasteiger partial charge in [-0.15, -0.1) is 0 Å². The first kappa shape index (κ1) is 14.9. The molecule has 0 radical (unpaired) electrons. The lowest BCUT2D eigenvalue weighted by Crippen LogP contribution is -2.32. The first-order valence-corrected chi connectivity index (χ1v) is 6.56. The van der Waals surface area contributed by atoms with Crippen molar-refractivity contribution in [1.82, 2.24) is 4.98 Å². The molecule has 18 heavy (non-hydrogen) atoms. The minimum Gasteiger partial charge on any atom is -0.383 e.